The van der Waals surface area contributed by atoms with Crippen molar-refractivity contribution < 1.29 is 39.5 Å². The van der Waals surface area contributed by atoms with Gasteiger partial charge in [0.2, 0.25) is 0 Å². The number of carboxylic acid groups (broad SMARTS) is 1. The van der Waals surface area contributed by atoms with Crippen LogP contribution in [0.25, 0.3) is 0 Å². The third-order valence-corrected chi connectivity index (χ3v) is 1.19. The van der Waals surface area contributed by atoms with E-state index in [2.05, 4.69) is 0 Å². The van der Waals surface area contributed by atoms with E-state index in [-0.39, 0.29) is 43.4 Å². The molecule has 0 aliphatic heterocycles. The third kappa shape index (κ3) is 5.35. The molecule has 0 saturated carbocycles. The van der Waals surface area contributed by atoms with Crippen molar-refractivity contribution in [3.63, 3.8) is 0 Å². The first-order valence-corrected chi connectivity index (χ1v) is 3.03. The minimum atomic E-state index is -1.04. The van der Waals surface area contributed by atoms with Crippen molar-refractivity contribution in [3.8, 4) is 0 Å². The van der Waals surface area contributed by atoms with E-state index in [0.29, 0.717) is 0 Å². The van der Waals surface area contributed by atoms with Crippen LogP contribution in [0.5, 0.6) is 0 Å². The molecule has 1 aromatic rings. The number of aliphatic carboxylic acids is 1. The minimum Gasteiger partial charge on any atom is -0.550 e. The molecule has 0 spiro atoms. The molecule has 60 valence electrons. The molecule has 0 aliphatic carbocycles. The Morgan fingerprint density at radius 2 is 1.75 bits per heavy atom. The van der Waals surface area contributed by atoms with Crippen LogP contribution in [-0.2, 0) is 11.2 Å². The maximum atomic E-state index is 10.1. The number of hydrogen-bond donors (Lipinski definition) is 0. The number of carboxylic acids is 1. The van der Waals surface area contributed by atoms with Crippen LogP contribution in [-0.4, -0.2) is 5.97 Å². The summed E-state index contributed by atoms with van der Waals surface area (Å²) in [7, 11) is 0. The molecule has 0 heterocycles. The van der Waals surface area contributed by atoms with Gasteiger partial charge in [0.1, 0.15) is 0 Å². The molecule has 0 radical (unpaired) electrons. The Morgan fingerprint density at radius 1 is 1.25 bits per heavy atom. The van der Waals surface area contributed by atoms with Crippen molar-refractivity contribution >= 4 is 5.97 Å². The predicted octanol–water partition coefficient (Wildman–Crippen LogP) is -2.38. The Morgan fingerprint density at radius 3 is 2.17 bits per heavy atom. The fourth-order valence-corrected chi connectivity index (χ4v) is 0.763. The Hall–Kier alpha value is -0.310. The van der Waals surface area contributed by atoms with Crippen LogP contribution < -0.4 is 34.7 Å². The van der Waals surface area contributed by atoms with Gasteiger partial charge in [0.25, 0.3) is 0 Å². The molecule has 0 saturated heterocycles. The Labute approximate surface area is 94.9 Å². The van der Waals surface area contributed by atoms with Crippen molar-refractivity contribution in [1.29, 1.82) is 0 Å². The van der Waals surface area contributed by atoms with Gasteiger partial charge in [0.15, 0.2) is 0 Å². The van der Waals surface area contributed by atoms with Crippen molar-refractivity contribution in [2.24, 2.45) is 0 Å². The van der Waals surface area contributed by atoms with Gasteiger partial charge in [-0.05, 0) is 5.56 Å². The van der Waals surface area contributed by atoms with E-state index < -0.39 is 5.97 Å². The molecular formula is C9H11NaO2. The fourth-order valence-electron chi connectivity index (χ4n) is 0.763. The molecule has 3 heteroatoms. The van der Waals surface area contributed by atoms with E-state index in [1.54, 1.807) is 24.3 Å². The summed E-state index contributed by atoms with van der Waals surface area (Å²) in [4.78, 5) is 10.1. The molecule has 0 aliphatic rings. The van der Waals surface area contributed by atoms with Gasteiger partial charge in [-0.2, -0.15) is 0 Å². The largest absolute Gasteiger partial charge is 1.00 e. The summed E-state index contributed by atoms with van der Waals surface area (Å²) in [5.41, 5.74) is 0.780. The SMILES string of the molecule is C.O=C([O-])Cc1ccccc1.[Na+]. The second-order valence-corrected chi connectivity index (χ2v) is 2.03. The van der Waals surface area contributed by atoms with Crippen LogP contribution in [0.3, 0.4) is 0 Å². The summed E-state index contributed by atoms with van der Waals surface area (Å²) in [6.07, 6.45) is 0.000833. The maximum absolute atomic E-state index is 10.1. The summed E-state index contributed by atoms with van der Waals surface area (Å²) < 4.78 is 0. The van der Waals surface area contributed by atoms with Crippen LogP contribution in [0.1, 0.15) is 13.0 Å². The van der Waals surface area contributed by atoms with Gasteiger partial charge in [0.05, 0.1) is 0 Å². The Bertz CT molecular complexity index is 221. The minimum absolute atomic E-state index is 0. The molecule has 1 rings (SSSR count). The molecule has 1 aromatic carbocycles. The zero-order valence-corrected chi connectivity index (χ0v) is 8.41. The molecule has 0 bridgehead atoms. The van der Waals surface area contributed by atoms with Crippen molar-refractivity contribution in [2.75, 3.05) is 0 Å². The van der Waals surface area contributed by atoms with Gasteiger partial charge in [-0.1, -0.05) is 37.8 Å². The van der Waals surface area contributed by atoms with E-state index in [0.717, 1.165) is 5.56 Å². The molecule has 2 nitrogen and oxygen atoms in total. The van der Waals surface area contributed by atoms with Gasteiger partial charge >= 0.3 is 29.6 Å². The summed E-state index contributed by atoms with van der Waals surface area (Å²) in [5.74, 6) is -1.04. The zero-order valence-electron chi connectivity index (χ0n) is 6.41. The quantitative estimate of drug-likeness (QED) is 0.470. The van der Waals surface area contributed by atoms with E-state index in [9.17, 15) is 9.90 Å². The maximum Gasteiger partial charge on any atom is 1.00 e. The van der Waals surface area contributed by atoms with E-state index >= 15 is 0 Å². The first-order valence-electron chi connectivity index (χ1n) is 3.03. The van der Waals surface area contributed by atoms with Crippen LogP contribution in [0.4, 0.5) is 0 Å². The number of carbonyl (C=O) groups excluding carboxylic acids is 1. The summed E-state index contributed by atoms with van der Waals surface area (Å²) in [5, 5.41) is 10.1. The van der Waals surface area contributed by atoms with Gasteiger partial charge < -0.3 is 9.90 Å². The van der Waals surface area contributed by atoms with Crippen molar-refractivity contribution in [3.05, 3.63) is 35.9 Å². The van der Waals surface area contributed by atoms with E-state index in [1.807, 2.05) is 6.07 Å². The monoisotopic (exact) mass is 174 g/mol. The number of rotatable bonds is 2. The summed E-state index contributed by atoms with van der Waals surface area (Å²) >= 11 is 0. The van der Waals surface area contributed by atoms with Crippen molar-refractivity contribution in [1.82, 2.24) is 0 Å². The van der Waals surface area contributed by atoms with Crippen molar-refractivity contribution in [2.45, 2.75) is 13.8 Å². The normalized spacial score (nSPS) is 7.67. The molecule has 0 fully saturated rings. The molecule has 12 heavy (non-hydrogen) atoms. The summed E-state index contributed by atoms with van der Waals surface area (Å²) in [6, 6.07) is 8.97. The smallest absolute Gasteiger partial charge is 0.550 e. The molecule has 0 amide bonds. The number of hydrogen-bond acceptors (Lipinski definition) is 2. The zero-order chi connectivity index (χ0) is 7.40. The molecule has 0 unspecified atom stereocenters. The molecular weight excluding hydrogens is 163 g/mol. The van der Waals surface area contributed by atoms with Crippen LogP contribution >= 0.6 is 0 Å². The van der Waals surface area contributed by atoms with Gasteiger partial charge in [-0.3, -0.25) is 0 Å². The summed E-state index contributed by atoms with van der Waals surface area (Å²) in [6.45, 7) is 0. The fraction of sp³-hybridized carbons (Fsp3) is 0.222. The molecule has 0 atom stereocenters. The average Bonchev–Trinajstić information content (AvgIpc) is 1.88. The van der Waals surface area contributed by atoms with Crippen LogP contribution in [0.2, 0.25) is 0 Å². The van der Waals surface area contributed by atoms with Crippen LogP contribution in [0, 0.1) is 0 Å². The topological polar surface area (TPSA) is 40.1 Å². The number of carbonyl (C=O) groups is 1. The van der Waals surface area contributed by atoms with Crippen LogP contribution in [0.15, 0.2) is 30.3 Å². The number of benzene rings is 1. The third-order valence-electron chi connectivity index (χ3n) is 1.19. The predicted molar refractivity (Wildman–Crippen MR) is 41.9 cm³/mol. The van der Waals surface area contributed by atoms with Gasteiger partial charge in [-0.15, -0.1) is 0 Å². The Kier molecular flexibility index (Phi) is 8.71. The van der Waals surface area contributed by atoms with E-state index in [1.165, 1.54) is 0 Å². The van der Waals surface area contributed by atoms with Gasteiger partial charge in [0, 0.05) is 12.4 Å². The van der Waals surface area contributed by atoms with E-state index in [4.69, 9.17) is 0 Å². The second kappa shape index (κ2) is 7.35. The second-order valence-electron chi connectivity index (χ2n) is 2.03. The standard InChI is InChI=1S/C8H8O2.CH4.Na/c9-8(10)6-7-4-2-1-3-5-7;;/h1-5H,6H2,(H,9,10);1H4;/q;;+1/p-1. The first-order chi connectivity index (χ1) is 4.79. The first kappa shape index (κ1) is 14.2. The molecule has 0 N–H and O–H groups in total. The van der Waals surface area contributed by atoms with Gasteiger partial charge in [-0.25, -0.2) is 0 Å². The average molecular weight is 174 g/mol. The Balaban J connectivity index is 0. The molecule has 0 aromatic heterocycles.